The monoisotopic (exact) mass is 341 g/mol. The third kappa shape index (κ3) is 2.30. The molecule has 0 N–H and O–H groups in total. The van der Waals surface area contributed by atoms with Crippen molar-refractivity contribution in [1.29, 1.82) is 0 Å². The van der Waals surface area contributed by atoms with Crippen molar-refractivity contribution in [3.05, 3.63) is 52.8 Å². The van der Waals surface area contributed by atoms with Crippen molar-refractivity contribution in [2.45, 2.75) is 19.3 Å². The number of ether oxygens (including phenoxy) is 2. The number of aryl methyl sites for hydroxylation is 1. The molecule has 1 aromatic carbocycles. The van der Waals surface area contributed by atoms with Crippen molar-refractivity contribution in [2.75, 3.05) is 20.1 Å². The van der Waals surface area contributed by atoms with Crippen molar-refractivity contribution in [1.82, 2.24) is 4.98 Å². The lowest BCUT2D eigenvalue weighted by Crippen LogP contribution is -2.30. The molecule has 0 aliphatic heterocycles. The van der Waals surface area contributed by atoms with Gasteiger partial charge in [0.05, 0.1) is 25.4 Å². The molecular formula is C20H20ClNO2. The number of hydrogen-bond donors (Lipinski definition) is 0. The Bertz CT molecular complexity index is 885. The smallest absolute Gasteiger partial charge is 0.162 e. The third-order valence-corrected chi connectivity index (χ3v) is 5.41. The van der Waals surface area contributed by atoms with E-state index in [1.54, 1.807) is 14.2 Å². The molecule has 1 heterocycles. The van der Waals surface area contributed by atoms with Crippen LogP contribution in [0.1, 0.15) is 23.6 Å². The summed E-state index contributed by atoms with van der Waals surface area (Å²) in [6.07, 6.45) is 5.69. The topological polar surface area (TPSA) is 31.4 Å². The van der Waals surface area contributed by atoms with Crippen LogP contribution < -0.4 is 9.47 Å². The summed E-state index contributed by atoms with van der Waals surface area (Å²) in [5, 5.41) is 1.07. The molecule has 4 rings (SSSR count). The summed E-state index contributed by atoms with van der Waals surface area (Å²) in [6, 6.07) is 6.14. The number of alkyl halides is 1. The second kappa shape index (κ2) is 5.82. The summed E-state index contributed by atoms with van der Waals surface area (Å²) in [7, 11) is 3.31. The van der Waals surface area contributed by atoms with E-state index in [-0.39, 0.29) is 0 Å². The highest BCUT2D eigenvalue weighted by atomic mass is 35.5. The van der Waals surface area contributed by atoms with Crippen LogP contribution >= 0.6 is 11.6 Å². The van der Waals surface area contributed by atoms with E-state index < -0.39 is 0 Å². The van der Waals surface area contributed by atoms with E-state index in [4.69, 9.17) is 26.1 Å². The summed E-state index contributed by atoms with van der Waals surface area (Å²) < 4.78 is 10.8. The fourth-order valence-electron chi connectivity index (χ4n) is 3.89. The van der Waals surface area contributed by atoms with Crippen LogP contribution in [0.5, 0.6) is 11.5 Å². The molecule has 0 spiro atoms. The van der Waals surface area contributed by atoms with Gasteiger partial charge in [0.25, 0.3) is 0 Å². The van der Waals surface area contributed by atoms with Gasteiger partial charge >= 0.3 is 0 Å². The Morgan fingerprint density at radius 2 is 1.92 bits per heavy atom. The summed E-state index contributed by atoms with van der Waals surface area (Å²) >= 11 is 5.98. The number of aromatic nitrogens is 1. The van der Waals surface area contributed by atoms with Crippen LogP contribution in [0.3, 0.4) is 0 Å². The molecule has 2 aliphatic rings. The van der Waals surface area contributed by atoms with Crippen LogP contribution in [0.15, 0.2) is 41.5 Å². The number of rotatable bonds is 4. The van der Waals surface area contributed by atoms with Gasteiger partial charge in [0.1, 0.15) is 0 Å². The fourth-order valence-corrected chi connectivity index (χ4v) is 4.06. The Hall–Kier alpha value is -2.00. The maximum atomic E-state index is 5.98. The molecule has 3 nitrogen and oxygen atoms in total. The van der Waals surface area contributed by atoms with E-state index >= 15 is 0 Å². The molecule has 24 heavy (non-hydrogen) atoms. The fraction of sp³-hybridized carbons (Fsp3) is 0.350. The van der Waals surface area contributed by atoms with Crippen LogP contribution in [0.2, 0.25) is 0 Å². The molecule has 2 aromatic rings. The Balaban J connectivity index is 1.79. The van der Waals surface area contributed by atoms with E-state index in [1.807, 2.05) is 12.1 Å². The highest BCUT2D eigenvalue weighted by molar-refractivity contribution is 6.19. The van der Waals surface area contributed by atoms with Gasteiger partial charge < -0.3 is 9.47 Å². The quantitative estimate of drug-likeness (QED) is 0.751. The van der Waals surface area contributed by atoms with Gasteiger partial charge in [-0.1, -0.05) is 17.7 Å². The van der Waals surface area contributed by atoms with Crippen LogP contribution in [0.25, 0.3) is 10.9 Å². The number of methoxy groups -OCH3 is 2. The van der Waals surface area contributed by atoms with Crippen LogP contribution in [0.4, 0.5) is 0 Å². The molecule has 2 aliphatic carbocycles. The van der Waals surface area contributed by atoms with Crippen LogP contribution in [-0.2, 0) is 0 Å². The first-order valence-corrected chi connectivity index (χ1v) is 8.68. The number of allylic oxidation sites excluding steroid dienone is 4. The highest BCUT2D eigenvalue weighted by Crippen LogP contribution is 2.52. The minimum atomic E-state index is 0.398. The zero-order valence-corrected chi connectivity index (χ0v) is 14.9. The van der Waals surface area contributed by atoms with Crippen molar-refractivity contribution < 1.29 is 9.47 Å². The minimum absolute atomic E-state index is 0.398. The number of pyridine rings is 1. The predicted octanol–water partition coefficient (Wildman–Crippen LogP) is 4.77. The van der Waals surface area contributed by atoms with Gasteiger partial charge in [0, 0.05) is 23.3 Å². The Kier molecular flexibility index (Phi) is 3.76. The first-order valence-electron chi connectivity index (χ1n) is 8.15. The van der Waals surface area contributed by atoms with Gasteiger partial charge in [0.2, 0.25) is 0 Å². The Morgan fingerprint density at radius 1 is 1.17 bits per heavy atom. The molecule has 2 atom stereocenters. The Labute approximate surface area is 146 Å². The molecule has 2 bridgehead atoms. The number of hydrogen-bond acceptors (Lipinski definition) is 3. The molecular weight excluding hydrogens is 322 g/mol. The lowest BCUT2D eigenvalue weighted by atomic mass is 9.63. The number of fused-ring (bicyclic) bond motifs is 3. The van der Waals surface area contributed by atoms with Crippen LogP contribution in [0, 0.1) is 12.8 Å². The Morgan fingerprint density at radius 3 is 2.54 bits per heavy atom. The third-order valence-electron chi connectivity index (χ3n) is 5.10. The molecule has 0 amide bonds. The van der Waals surface area contributed by atoms with Gasteiger partial charge in [-0.05, 0) is 42.5 Å². The van der Waals surface area contributed by atoms with Gasteiger partial charge in [-0.2, -0.15) is 0 Å². The predicted molar refractivity (Wildman–Crippen MR) is 97.3 cm³/mol. The zero-order valence-electron chi connectivity index (χ0n) is 14.1. The maximum absolute atomic E-state index is 5.98. The first kappa shape index (κ1) is 15.5. The molecule has 0 radical (unpaired) electrons. The van der Waals surface area contributed by atoms with Gasteiger partial charge in [-0.15, -0.1) is 11.6 Å². The molecule has 124 valence electrons. The largest absolute Gasteiger partial charge is 0.493 e. The van der Waals surface area contributed by atoms with Gasteiger partial charge in [0.15, 0.2) is 11.5 Å². The minimum Gasteiger partial charge on any atom is -0.493 e. The highest BCUT2D eigenvalue weighted by Gasteiger charge is 2.40. The molecule has 4 heteroatoms. The van der Waals surface area contributed by atoms with Crippen molar-refractivity contribution >= 4 is 22.5 Å². The van der Waals surface area contributed by atoms with E-state index in [2.05, 4.69) is 25.1 Å². The summed E-state index contributed by atoms with van der Waals surface area (Å²) in [5.41, 5.74) is 6.03. The summed E-state index contributed by atoms with van der Waals surface area (Å²) in [4.78, 5) is 4.98. The number of nitrogens with zero attached hydrogens (tertiary/aromatic N) is 1. The standard InChI is InChI=1S/C20H20ClNO2/c1-11-4-13-8-17(23-2)18(24-3)9-16(13)22-20(11)19-14-5-12(10-21)6-15(19)7-14/h4-6,8-9,14,19H,7,10H2,1-3H3. The molecule has 1 saturated carbocycles. The molecule has 0 saturated heterocycles. The average molecular weight is 342 g/mol. The number of benzene rings is 1. The van der Waals surface area contributed by atoms with Gasteiger partial charge in [-0.25, -0.2) is 0 Å². The van der Waals surface area contributed by atoms with E-state index in [0.29, 0.717) is 23.5 Å². The van der Waals surface area contributed by atoms with E-state index in [9.17, 15) is 0 Å². The molecule has 1 aromatic heterocycles. The van der Waals surface area contributed by atoms with E-state index in [1.165, 1.54) is 22.4 Å². The zero-order chi connectivity index (χ0) is 16.8. The molecule has 2 unspecified atom stereocenters. The van der Waals surface area contributed by atoms with Crippen molar-refractivity contribution in [2.24, 2.45) is 5.92 Å². The average Bonchev–Trinajstić information content (AvgIpc) is 2.61. The lowest BCUT2D eigenvalue weighted by molar-refractivity contribution is 0.355. The second-order valence-electron chi connectivity index (χ2n) is 6.53. The first-order chi connectivity index (χ1) is 11.6. The van der Waals surface area contributed by atoms with Crippen molar-refractivity contribution in [3.8, 4) is 11.5 Å². The van der Waals surface area contributed by atoms with Crippen molar-refractivity contribution in [3.63, 3.8) is 0 Å². The van der Waals surface area contributed by atoms with E-state index in [0.717, 1.165) is 23.1 Å². The number of halogens is 1. The molecule has 1 fully saturated rings. The SMILES string of the molecule is COc1cc2cc(C)c(C3C4=CC(CCl)=CC3C4)nc2cc1OC. The second-order valence-corrected chi connectivity index (χ2v) is 6.80. The van der Waals surface area contributed by atoms with Crippen LogP contribution in [-0.4, -0.2) is 25.1 Å². The summed E-state index contributed by atoms with van der Waals surface area (Å²) in [5.74, 6) is 2.96. The maximum Gasteiger partial charge on any atom is 0.162 e. The summed E-state index contributed by atoms with van der Waals surface area (Å²) in [6.45, 7) is 2.14. The lowest BCUT2D eigenvalue weighted by Gasteiger charge is -2.42. The van der Waals surface area contributed by atoms with Gasteiger partial charge in [-0.3, -0.25) is 4.98 Å². The normalized spacial score (nSPS) is 21.8.